The van der Waals surface area contributed by atoms with Crippen molar-refractivity contribution in [3.63, 3.8) is 0 Å². The van der Waals surface area contributed by atoms with Crippen LogP contribution >= 0.6 is 39.1 Å². The van der Waals surface area contributed by atoms with E-state index >= 15 is 0 Å². The highest BCUT2D eigenvalue weighted by Crippen LogP contribution is 2.26. The van der Waals surface area contributed by atoms with E-state index in [4.69, 9.17) is 23.2 Å². The molecule has 0 bridgehead atoms. The number of piperazine rings is 1. The number of benzene rings is 1. The number of carbonyl (C=O) groups is 1. The molecule has 26 heavy (non-hydrogen) atoms. The van der Waals surface area contributed by atoms with Crippen molar-refractivity contribution in [3.8, 4) is 0 Å². The highest BCUT2D eigenvalue weighted by atomic mass is 79.9. The Morgan fingerprint density at radius 1 is 1.23 bits per heavy atom. The van der Waals surface area contributed by atoms with Crippen LogP contribution in [0.3, 0.4) is 0 Å². The van der Waals surface area contributed by atoms with E-state index in [1.807, 2.05) is 36.2 Å². The lowest BCUT2D eigenvalue weighted by molar-refractivity contribution is -0.137. The first-order valence-corrected chi connectivity index (χ1v) is 10.2. The van der Waals surface area contributed by atoms with Crippen LogP contribution < -0.4 is 0 Å². The number of rotatable bonds is 5. The van der Waals surface area contributed by atoms with E-state index in [0.717, 1.165) is 23.1 Å². The van der Waals surface area contributed by atoms with Crippen molar-refractivity contribution in [3.05, 3.63) is 50.7 Å². The molecule has 2 heterocycles. The second-order valence-corrected chi connectivity index (χ2v) is 8.09. The van der Waals surface area contributed by atoms with Crippen LogP contribution in [0.2, 0.25) is 10.0 Å². The third-order valence-corrected chi connectivity index (χ3v) is 5.81. The Hall–Kier alpha value is -1.08. The smallest absolute Gasteiger partial charge is 0.247 e. The Morgan fingerprint density at radius 3 is 2.42 bits per heavy atom. The van der Waals surface area contributed by atoms with E-state index in [2.05, 4.69) is 25.9 Å². The molecule has 1 fully saturated rings. The van der Waals surface area contributed by atoms with Crippen LogP contribution in [0.4, 0.5) is 0 Å². The highest BCUT2D eigenvalue weighted by molar-refractivity contribution is 9.10. The summed E-state index contributed by atoms with van der Waals surface area (Å²) < 4.78 is 2.62. The molecule has 1 aliphatic heterocycles. The summed E-state index contributed by atoms with van der Waals surface area (Å²) in [4.78, 5) is 17.1. The van der Waals surface area contributed by atoms with Gasteiger partial charge in [0.25, 0.3) is 0 Å². The molecule has 1 atom stereocenters. The topological polar surface area (TPSA) is 41.4 Å². The minimum Gasteiger partial charge on any atom is -0.338 e. The second kappa shape index (κ2) is 8.74. The van der Waals surface area contributed by atoms with Crippen LogP contribution in [0.1, 0.15) is 24.9 Å². The average Bonchev–Trinajstić information content (AvgIpc) is 3.05. The van der Waals surface area contributed by atoms with Crippen molar-refractivity contribution in [2.75, 3.05) is 26.2 Å². The molecule has 3 rings (SSSR count). The summed E-state index contributed by atoms with van der Waals surface area (Å²) >= 11 is 15.9. The maximum Gasteiger partial charge on any atom is 0.247 e. The van der Waals surface area contributed by atoms with Gasteiger partial charge < -0.3 is 4.90 Å². The predicted octanol–water partition coefficient (Wildman–Crippen LogP) is 4.25. The lowest BCUT2D eigenvalue weighted by Crippen LogP contribution is -2.50. The fourth-order valence-electron chi connectivity index (χ4n) is 3.20. The minimum absolute atomic E-state index is 0.124. The monoisotopic (exact) mass is 458 g/mol. The Balaban J connectivity index is 1.60. The number of hydrogen-bond donors (Lipinski definition) is 0. The lowest BCUT2D eigenvalue weighted by Gasteiger charge is -2.36. The summed E-state index contributed by atoms with van der Waals surface area (Å²) in [6.07, 6.45) is 4.27. The molecule has 1 aromatic carbocycles. The normalized spacial score (nSPS) is 16.7. The number of aromatic nitrogens is 2. The summed E-state index contributed by atoms with van der Waals surface area (Å²) in [7, 11) is 0. The van der Waals surface area contributed by atoms with Crippen molar-refractivity contribution < 1.29 is 4.79 Å². The number of halogens is 3. The molecule has 1 amide bonds. The average molecular weight is 460 g/mol. The quantitative estimate of drug-likeness (QED) is 0.671. The summed E-state index contributed by atoms with van der Waals surface area (Å²) in [6.45, 7) is 5.69. The third-order valence-electron chi connectivity index (χ3n) is 4.69. The van der Waals surface area contributed by atoms with E-state index < -0.39 is 0 Å². The first-order valence-electron chi connectivity index (χ1n) is 8.63. The largest absolute Gasteiger partial charge is 0.338 e. The number of nitrogens with zero attached hydrogens (tertiary/aromatic N) is 4. The fraction of sp³-hybridized carbons (Fsp3) is 0.444. The van der Waals surface area contributed by atoms with Crippen molar-refractivity contribution in [2.24, 2.45) is 0 Å². The molecule has 0 saturated carbocycles. The van der Waals surface area contributed by atoms with Gasteiger partial charge in [-0.1, -0.05) is 36.2 Å². The van der Waals surface area contributed by atoms with Crippen molar-refractivity contribution in [2.45, 2.75) is 25.9 Å². The Kier molecular flexibility index (Phi) is 6.61. The Labute approximate surface area is 172 Å². The summed E-state index contributed by atoms with van der Waals surface area (Å²) in [6, 6.07) is 5.31. The van der Waals surface area contributed by atoms with Gasteiger partial charge in [0.1, 0.15) is 6.04 Å². The minimum atomic E-state index is -0.258. The number of hydrogen-bond acceptors (Lipinski definition) is 3. The van der Waals surface area contributed by atoms with Gasteiger partial charge in [0, 0.05) is 54.5 Å². The van der Waals surface area contributed by atoms with Gasteiger partial charge in [0.2, 0.25) is 5.91 Å². The Bertz CT molecular complexity index is 754. The van der Waals surface area contributed by atoms with Gasteiger partial charge in [-0.05, 0) is 34.5 Å². The molecule has 1 unspecified atom stereocenters. The standard InChI is InChI=1S/C18H21BrCl2N4O/c1-2-17(25-11-13(19)10-22-25)18(26)24-8-6-23(7-9-24)12-14-15(20)4-3-5-16(14)21/h3-5,10-11,17H,2,6-9,12H2,1H3. The zero-order valence-electron chi connectivity index (χ0n) is 14.5. The van der Waals surface area contributed by atoms with E-state index in [-0.39, 0.29) is 11.9 Å². The Morgan fingerprint density at radius 2 is 1.88 bits per heavy atom. The molecule has 0 radical (unpaired) electrons. The predicted molar refractivity (Wildman–Crippen MR) is 108 cm³/mol. The third kappa shape index (κ3) is 4.42. The van der Waals surface area contributed by atoms with Crippen LogP contribution in [0, 0.1) is 0 Å². The van der Waals surface area contributed by atoms with Gasteiger partial charge in [-0.3, -0.25) is 14.4 Å². The molecule has 8 heteroatoms. The van der Waals surface area contributed by atoms with E-state index in [1.165, 1.54) is 0 Å². The number of carbonyl (C=O) groups excluding carboxylic acids is 1. The number of amides is 1. The molecule has 1 aromatic heterocycles. The van der Waals surface area contributed by atoms with Crippen LogP contribution in [-0.2, 0) is 11.3 Å². The van der Waals surface area contributed by atoms with Crippen molar-refractivity contribution in [1.82, 2.24) is 19.6 Å². The van der Waals surface area contributed by atoms with Gasteiger partial charge >= 0.3 is 0 Å². The summed E-state index contributed by atoms with van der Waals surface area (Å²) in [5.41, 5.74) is 0.948. The summed E-state index contributed by atoms with van der Waals surface area (Å²) in [5.74, 6) is 0.124. The van der Waals surface area contributed by atoms with Crippen LogP contribution in [-0.4, -0.2) is 51.7 Å². The first kappa shape index (κ1) is 19.7. The van der Waals surface area contributed by atoms with Gasteiger partial charge in [-0.25, -0.2) is 0 Å². The molecule has 0 spiro atoms. The van der Waals surface area contributed by atoms with Crippen LogP contribution in [0.15, 0.2) is 35.1 Å². The van der Waals surface area contributed by atoms with E-state index in [1.54, 1.807) is 10.9 Å². The molecule has 5 nitrogen and oxygen atoms in total. The molecular formula is C18H21BrCl2N4O. The molecule has 140 valence electrons. The molecule has 1 aliphatic rings. The SMILES string of the molecule is CCC(C(=O)N1CCN(Cc2c(Cl)cccc2Cl)CC1)n1cc(Br)cn1. The highest BCUT2D eigenvalue weighted by Gasteiger charge is 2.28. The van der Waals surface area contributed by atoms with E-state index in [9.17, 15) is 4.79 Å². The van der Waals surface area contributed by atoms with Gasteiger partial charge in [-0.2, -0.15) is 5.10 Å². The van der Waals surface area contributed by atoms with Crippen LogP contribution in [0.25, 0.3) is 0 Å². The second-order valence-electron chi connectivity index (χ2n) is 6.36. The van der Waals surface area contributed by atoms with Crippen molar-refractivity contribution >= 4 is 45.0 Å². The van der Waals surface area contributed by atoms with Gasteiger partial charge in [0.15, 0.2) is 0 Å². The van der Waals surface area contributed by atoms with Crippen LogP contribution in [0.5, 0.6) is 0 Å². The molecule has 2 aromatic rings. The lowest BCUT2D eigenvalue weighted by atomic mass is 10.1. The van der Waals surface area contributed by atoms with Gasteiger partial charge in [0.05, 0.1) is 10.7 Å². The summed E-state index contributed by atoms with van der Waals surface area (Å²) in [5, 5.41) is 5.65. The zero-order chi connectivity index (χ0) is 18.7. The zero-order valence-corrected chi connectivity index (χ0v) is 17.6. The maximum atomic E-state index is 12.9. The van der Waals surface area contributed by atoms with Gasteiger partial charge in [-0.15, -0.1) is 0 Å². The first-order chi connectivity index (χ1) is 12.5. The molecule has 0 N–H and O–H groups in total. The maximum absolute atomic E-state index is 12.9. The molecule has 1 saturated heterocycles. The molecular weight excluding hydrogens is 439 g/mol. The van der Waals surface area contributed by atoms with E-state index in [0.29, 0.717) is 36.1 Å². The molecule has 0 aliphatic carbocycles. The fourth-order valence-corrected chi connectivity index (χ4v) is 4.02. The van der Waals surface area contributed by atoms with Crippen molar-refractivity contribution in [1.29, 1.82) is 0 Å².